The summed E-state index contributed by atoms with van der Waals surface area (Å²) in [6, 6.07) is 11.1. The molecule has 2 aromatic carbocycles. The van der Waals surface area contributed by atoms with Crippen LogP contribution in [0.25, 0.3) is 0 Å². The maximum absolute atomic E-state index is 13.1. The molecule has 1 heterocycles. The highest BCUT2D eigenvalue weighted by molar-refractivity contribution is 8.15. The number of rotatable bonds is 6. The van der Waals surface area contributed by atoms with Crippen LogP contribution >= 0.6 is 11.8 Å². The molecule has 29 heavy (non-hydrogen) atoms. The van der Waals surface area contributed by atoms with Gasteiger partial charge in [-0.2, -0.15) is 0 Å². The van der Waals surface area contributed by atoms with Gasteiger partial charge in [0.05, 0.1) is 5.69 Å². The van der Waals surface area contributed by atoms with Crippen LogP contribution in [0.3, 0.4) is 0 Å². The summed E-state index contributed by atoms with van der Waals surface area (Å²) in [5.74, 6) is -1.06. The van der Waals surface area contributed by atoms with Crippen LogP contribution in [-0.2, 0) is 9.59 Å². The van der Waals surface area contributed by atoms with Crippen LogP contribution in [0, 0.1) is 17.6 Å². The van der Waals surface area contributed by atoms with Gasteiger partial charge >= 0.3 is 0 Å². The second-order valence-corrected chi connectivity index (χ2v) is 8.25. The van der Waals surface area contributed by atoms with Crippen LogP contribution < -0.4 is 5.32 Å². The minimum absolute atomic E-state index is 0.0299. The van der Waals surface area contributed by atoms with Gasteiger partial charge < -0.3 is 5.32 Å². The molecule has 1 aliphatic rings. The number of amidine groups is 1. The van der Waals surface area contributed by atoms with E-state index in [-0.39, 0.29) is 30.0 Å². The zero-order valence-electron chi connectivity index (χ0n) is 16.1. The predicted octanol–water partition coefficient (Wildman–Crippen LogP) is 4.58. The van der Waals surface area contributed by atoms with Crippen LogP contribution in [0.2, 0.25) is 0 Å². The van der Waals surface area contributed by atoms with Crippen LogP contribution in [0.1, 0.15) is 20.3 Å². The summed E-state index contributed by atoms with van der Waals surface area (Å²) >= 11 is 1.22. The fourth-order valence-electron chi connectivity index (χ4n) is 2.80. The Morgan fingerprint density at radius 2 is 1.69 bits per heavy atom. The molecule has 1 fully saturated rings. The highest BCUT2D eigenvalue weighted by atomic mass is 32.2. The van der Waals surface area contributed by atoms with E-state index in [0.29, 0.717) is 23.1 Å². The van der Waals surface area contributed by atoms with E-state index >= 15 is 0 Å². The molecular formula is C21H21F2N3O2S. The molecule has 1 aliphatic heterocycles. The maximum Gasteiger partial charge on any atom is 0.242 e. The number of hydrogen-bond acceptors (Lipinski definition) is 4. The molecule has 152 valence electrons. The van der Waals surface area contributed by atoms with E-state index in [1.807, 2.05) is 13.8 Å². The summed E-state index contributed by atoms with van der Waals surface area (Å²) in [6.45, 7) is 4.45. The zero-order chi connectivity index (χ0) is 21.0. The lowest BCUT2D eigenvalue weighted by atomic mass is 10.2. The molecule has 3 rings (SSSR count). The normalized spacial score (nSPS) is 18.0. The molecule has 5 nitrogen and oxygen atoms in total. The molecule has 0 unspecified atom stereocenters. The zero-order valence-corrected chi connectivity index (χ0v) is 16.9. The monoisotopic (exact) mass is 417 g/mol. The van der Waals surface area contributed by atoms with Crippen LogP contribution in [0.15, 0.2) is 53.5 Å². The van der Waals surface area contributed by atoms with Crippen molar-refractivity contribution in [2.45, 2.75) is 25.5 Å². The van der Waals surface area contributed by atoms with E-state index in [2.05, 4.69) is 10.3 Å². The van der Waals surface area contributed by atoms with Gasteiger partial charge in [0.25, 0.3) is 0 Å². The number of nitrogens with one attached hydrogen (secondary N) is 1. The summed E-state index contributed by atoms with van der Waals surface area (Å²) < 4.78 is 26.1. The Hall–Kier alpha value is -2.74. The van der Waals surface area contributed by atoms with E-state index in [9.17, 15) is 18.4 Å². The van der Waals surface area contributed by atoms with E-state index in [4.69, 9.17) is 0 Å². The summed E-state index contributed by atoms with van der Waals surface area (Å²) in [5.41, 5.74) is 0.998. The van der Waals surface area contributed by atoms with Gasteiger partial charge in [-0.05, 0) is 54.4 Å². The van der Waals surface area contributed by atoms with Crippen molar-refractivity contribution in [1.82, 2.24) is 4.90 Å². The van der Waals surface area contributed by atoms with Gasteiger partial charge in [0.15, 0.2) is 5.17 Å². The van der Waals surface area contributed by atoms with Crippen molar-refractivity contribution < 1.29 is 18.4 Å². The number of benzene rings is 2. The number of anilines is 1. The quantitative estimate of drug-likeness (QED) is 0.748. The number of thioether (sulfide) groups is 1. The van der Waals surface area contributed by atoms with Gasteiger partial charge in [0, 0.05) is 18.7 Å². The fraction of sp³-hybridized carbons (Fsp3) is 0.286. The Morgan fingerprint density at radius 3 is 2.28 bits per heavy atom. The molecule has 2 aromatic rings. The number of nitrogens with zero attached hydrogens (tertiary/aromatic N) is 2. The topological polar surface area (TPSA) is 61.8 Å². The van der Waals surface area contributed by atoms with Crippen molar-refractivity contribution in [2.24, 2.45) is 10.9 Å². The maximum atomic E-state index is 13.1. The van der Waals surface area contributed by atoms with Gasteiger partial charge in [-0.15, -0.1) is 0 Å². The number of aliphatic imine (C=N–C) groups is 1. The van der Waals surface area contributed by atoms with Crippen LogP contribution in [-0.4, -0.2) is 33.7 Å². The number of carbonyl (C=O) groups excluding carboxylic acids is 2. The fourth-order valence-corrected chi connectivity index (χ4v) is 3.97. The van der Waals surface area contributed by atoms with E-state index in [1.165, 1.54) is 60.3 Å². The predicted molar refractivity (Wildman–Crippen MR) is 111 cm³/mol. The van der Waals surface area contributed by atoms with Crippen molar-refractivity contribution >= 4 is 40.1 Å². The Balaban J connectivity index is 1.73. The average Bonchev–Trinajstić information content (AvgIpc) is 2.94. The molecule has 0 saturated carbocycles. The van der Waals surface area contributed by atoms with Gasteiger partial charge in [-0.1, -0.05) is 25.6 Å². The number of carbonyl (C=O) groups is 2. The largest absolute Gasteiger partial charge is 0.326 e. The van der Waals surface area contributed by atoms with Crippen LogP contribution in [0.4, 0.5) is 20.2 Å². The summed E-state index contributed by atoms with van der Waals surface area (Å²) in [5, 5.41) is 2.56. The van der Waals surface area contributed by atoms with Crippen molar-refractivity contribution in [2.75, 3.05) is 11.9 Å². The minimum Gasteiger partial charge on any atom is -0.326 e. The molecule has 1 atom stereocenters. The molecular weight excluding hydrogens is 396 g/mol. The Bertz CT molecular complexity index is 915. The van der Waals surface area contributed by atoms with Crippen molar-refractivity contribution in [3.63, 3.8) is 0 Å². The van der Waals surface area contributed by atoms with Gasteiger partial charge in [0.1, 0.15) is 16.9 Å². The lowest BCUT2D eigenvalue weighted by molar-refractivity contribution is -0.128. The lowest BCUT2D eigenvalue weighted by Crippen LogP contribution is -2.36. The first-order valence-corrected chi connectivity index (χ1v) is 10.1. The second kappa shape index (κ2) is 9.17. The molecule has 0 radical (unpaired) electrons. The van der Waals surface area contributed by atoms with E-state index < -0.39 is 11.1 Å². The van der Waals surface area contributed by atoms with Crippen molar-refractivity contribution in [3.8, 4) is 0 Å². The molecule has 1 saturated heterocycles. The number of halogens is 2. The van der Waals surface area contributed by atoms with Gasteiger partial charge in [-0.3, -0.25) is 14.5 Å². The number of amides is 2. The van der Waals surface area contributed by atoms with Gasteiger partial charge in [-0.25, -0.2) is 13.8 Å². The molecule has 0 bridgehead atoms. The standard InChI is InChI=1S/C21H21F2N3O2S/c1-13(2)12-26-20(28)18(11-19(27)24-16-7-3-14(22)4-8-16)29-21(26)25-17-9-5-15(23)6-10-17/h3-10,13,18H,11-12H2,1-2H3,(H,24,27)/t18-/m1/s1. The van der Waals surface area contributed by atoms with Gasteiger partial charge in [0.2, 0.25) is 11.8 Å². The first-order chi connectivity index (χ1) is 13.8. The molecule has 8 heteroatoms. The molecule has 2 amide bonds. The Kier molecular flexibility index (Phi) is 6.64. The molecule has 1 N–H and O–H groups in total. The molecule has 0 spiro atoms. The third kappa shape index (κ3) is 5.63. The average molecular weight is 417 g/mol. The van der Waals surface area contributed by atoms with E-state index in [0.717, 1.165) is 0 Å². The number of hydrogen-bond donors (Lipinski definition) is 1. The first kappa shape index (κ1) is 21.0. The summed E-state index contributed by atoms with van der Waals surface area (Å²) in [7, 11) is 0. The Labute approximate surface area is 172 Å². The highest BCUT2D eigenvalue weighted by Crippen LogP contribution is 2.32. The van der Waals surface area contributed by atoms with Crippen molar-refractivity contribution in [1.29, 1.82) is 0 Å². The third-order valence-corrected chi connectivity index (χ3v) is 5.29. The first-order valence-electron chi connectivity index (χ1n) is 9.19. The smallest absolute Gasteiger partial charge is 0.242 e. The lowest BCUT2D eigenvalue weighted by Gasteiger charge is -2.18. The molecule has 0 aromatic heterocycles. The summed E-state index contributed by atoms with van der Waals surface area (Å²) in [4.78, 5) is 31.3. The Morgan fingerprint density at radius 1 is 1.10 bits per heavy atom. The van der Waals surface area contributed by atoms with Crippen LogP contribution in [0.5, 0.6) is 0 Å². The minimum atomic E-state index is -0.603. The molecule has 0 aliphatic carbocycles. The second-order valence-electron chi connectivity index (χ2n) is 7.08. The van der Waals surface area contributed by atoms with E-state index in [1.54, 1.807) is 4.90 Å². The third-order valence-electron chi connectivity index (χ3n) is 4.12. The van der Waals surface area contributed by atoms with Crippen molar-refractivity contribution in [3.05, 3.63) is 60.2 Å². The summed E-state index contributed by atoms with van der Waals surface area (Å²) in [6.07, 6.45) is -0.0299. The SMILES string of the molecule is CC(C)CN1C(=O)[C@@H](CC(=O)Nc2ccc(F)cc2)SC1=Nc1ccc(F)cc1. The highest BCUT2D eigenvalue weighted by Gasteiger charge is 2.39.